The van der Waals surface area contributed by atoms with Gasteiger partial charge in [-0.15, -0.1) is 11.3 Å². The van der Waals surface area contributed by atoms with Crippen molar-refractivity contribution >= 4 is 17.2 Å². The number of hydrogen-bond donors (Lipinski definition) is 1. The minimum absolute atomic E-state index is 0.0926. The summed E-state index contributed by atoms with van der Waals surface area (Å²) >= 11 is 1.48. The molecule has 3 rings (SSSR count). The number of thiophene rings is 1. The Labute approximate surface area is 157 Å². The maximum absolute atomic E-state index is 12.8. The number of carbonyl (C=O) groups excluding carboxylic acids is 1. The maximum atomic E-state index is 12.8. The third-order valence-corrected chi connectivity index (χ3v) is 4.73. The van der Waals surface area contributed by atoms with E-state index < -0.39 is 17.8 Å². The fraction of sp³-hybridized carbons (Fsp3) is 0.278. The zero-order valence-electron chi connectivity index (χ0n) is 14.3. The SMILES string of the molecule is CC(NC(=O)CCc1nc(-c2cccs2)no1)c1cccc(C(F)(F)F)c1. The van der Waals surface area contributed by atoms with Crippen LogP contribution >= 0.6 is 11.3 Å². The molecule has 1 N–H and O–H groups in total. The van der Waals surface area contributed by atoms with Gasteiger partial charge in [0.1, 0.15) is 0 Å². The molecule has 0 aliphatic carbocycles. The largest absolute Gasteiger partial charge is 0.416 e. The molecule has 0 spiro atoms. The molecule has 27 heavy (non-hydrogen) atoms. The molecule has 2 aromatic heterocycles. The summed E-state index contributed by atoms with van der Waals surface area (Å²) < 4.78 is 43.5. The third kappa shape index (κ3) is 4.94. The molecule has 0 radical (unpaired) electrons. The van der Waals surface area contributed by atoms with Crippen molar-refractivity contribution in [2.45, 2.75) is 32.0 Å². The Bertz CT molecular complexity index is 907. The summed E-state index contributed by atoms with van der Waals surface area (Å²) in [4.78, 5) is 17.2. The number of aryl methyl sites for hydroxylation is 1. The topological polar surface area (TPSA) is 68.0 Å². The van der Waals surface area contributed by atoms with Crippen molar-refractivity contribution in [1.82, 2.24) is 15.5 Å². The second-order valence-electron chi connectivity index (χ2n) is 5.90. The Morgan fingerprint density at radius 1 is 1.30 bits per heavy atom. The van der Waals surface area contributed by atoms with E-state index in [1.165, 1.54) is 17.4 Å². The molecular formula is C18H16F3N3O2S. The van der Waals surface area contributed by atoms with Crippen LogP contribution in [0.1, 0.15) is 36.4 Å². The molecule has 5 nitrogen and oxygen atoms in total. The van der Waals surface area contributed by atoms with Gasteiger partial charge in [-0.05, 0) is 36.1 Å². The second kappa shape index (κ2) is 7.91. The van der Waals surface area contributed by atoms with Crippen molar-refractivity contribution in [2.75, 3.05) is 0 Å². The number of nitrogens with one attached hydrogen (secondary N) is 1. The Morgan fingerprint density at radius 3 is 2.81 bits per heavy atom. The van der Waals surface area contributed by atoms with Crippen molar-refractivity contribution in [3.8, 4) is 10.7 Å². The van der Waals surface area contributed by atoms with Crippen molar-refractivity contribution in [1.29, 1.82) is 0 Å². The van der Waals surface area contributed by atoms with Gasteiger partial charge in [-0.25, -0.2) is 0 Å². The lowest BCUT2D eigenvalue weighted by molar-refractivity contribution is -0.137. The van der Waals surface area contributed by atoms with Gasteiger partial charge in [0.05, 0.1) is 16.5 Å². The molecular weight excluding hydrogens is 379 g/mol. The van der Waals surface area contributed by atoms with E-state index in [-0.39, 0.29) is 18.7 Å². The van der Waals surface area contributed by atoms with Gasteiger partial charge < -0.3 is 9.84 Å². The number of rotatable bonds is 6. The molecule has 0 saturated carbocycles. The Hall–Kier alpha value is -2.68. The van der Waals surface area contributed by atoms with Crippen LogP contribution in [0.2, 0.25) is 0 Å². The summed E-state index contributed by atoms with van der Waals surface area (Å²) in [7, 11) is 0. The van der Waals surface area contributed by atoms with E-state index in [0.717, 1.165) is 17.0 Å². The summed E-state index contributed by atoms with van der Waals surface area (Å²) in [5.74, 6) is 0.494. The lowest BCUT2D eigenvalue weighted by Gasteiger charge is -2.16. The van der Waals surface area contributed by atoms with E-state index in [4.69, 9.17) is 4.52 Å². The lowest BCUT2D eigenvalue weighted by Crippen LogP contribution is -2.27. The fourth-order valence-corrected chi connectivity index (χ4v) is 3.11. The van der Waals surface area contributed by atoms with Crippen molar-refractivity contribution < 1.29 is 22.5 Å². The Balaban J connectivity index is 1.55. The molecule has 1 amide bonds. The minimum atomic E-state index is -4.42. The van der Waals surface area contributed by atoms with Gasteiger partial charge in [0.15, 0.2) is 0 Å². The number of nitrogens with zero attached hydrogens (tertiary/aromatic N) is 2. The van der Waals surface area contributed by atoms with Crippen LogP contribution in [0.4, 0.5) is 13.2 Å². The highest BCUT2D eigenvalue weighted by Gasteiger charge is 2.30. The molecule has 1 aromatic carbocycles. The van der Waals surface area contributed by atoms with Crippen molar-refractivity contribution in [3.05, 3.63) is 58.8 Å². The Morgan fingerprint density at radius 2 is 2.11 bits per heavy atom. The molecule has 1 atom stereocenters. The molecule has 3 aromatic rings. The first-order chi connectivity index (χ1) is 12.8. The standard InChI is InChI=1S/C18H16F3N3O2S/c1-11(12-4-2-5-13(10-12)18(19,20)21)22-15(25)7-8-16-23-17(24-26-16)14-6-3-9-27-14/h2-6,9-11H,7-8H2,1H3,(H,22,25). The van der Waals surface area contributed by atoms with E-state index in [0.29, 0.717) is 17.3 Å². The highest BCUT2D eigenvalue weighted by Crippen LogP contribution is 2.30. The number of halogens is 3. The first-order valence-electron chi connectivity index (χ1n) is 8.16. The van der Waals surface area contributed by atoms with Crippen LogP contribution in [-0.4, -0.2) is 16.0 Å². The van der Waals surface area contributed by atoms with Crippen LogP contribution in [0.15, 0.2) is 46.3 Å². The van der Waals surface area contributed by atoms with Crippen LogP contribution in [0.5, 0.6) is 0 Å². The molecule has 0 saturated heterocycles. The van der Waals surface area contributed by atoms with E-state index >= 15 is 0 Å². The number of hydrogen-bond acceptors (Lipinski definition) is 5. The molecule has 1 unspecified atom stereocenters. The van der Waals surface area contributed by atoms with E-state index in [1.54, 1.807) is 13.0 Å². The maximum Gasteiger partial charge on any atom is 0.416 e. The molecule has 0 aliphatic heterocycles. The highest BCUT2D eigenvalue weighted by atomic mass is 32.1. The normalized spacial score (nSPS) is 12.7. The predicted octanol–water partition coefficient (Wildman–Crippen LogP) is 4.63. The zero-order chi connectivity index (χ0) is 19.4. The van der Waals surface area contributed by atoms with Crippen LogP contribution in [0.3, 0.4) is 0 Å². The van der Waals surface area contributed by atoms with Gasteiger partial charge in [-0.2, -0.15) is 18.2 Å². The predicted molar refractivity (Wildman–Crippen MR) is 93.9 cm³/mol. The molecule has 9 heteroatoms. The van der Waals surface area contributed by atoms with Gasteiger partial charge >= 0.3 is 6.18 Å². The smallest absolute Gasteiger partial charge is 0.350 e. The van der Waals surface area contributed by atoms with E-state index in [1.807, 2.05) is 17.5 Å². The number of amides is 1. The highest BCUT2D eigenvalue weighted by molar-refractivity contribution is 7.13. The lowest BCUT2D eigenvalue weighted by atomic mass is 10.0. The molecule has 0 aliphatic rings. The molecule has 142 valence electrons. The molecule has 0 fully saturated rings. The fourth-order valence-electron chi connectivity index (χ4n) is 2.46. The first kappa shape index (κ1) is 19.1. The number of carbonyl (C=O) groups is 1. The van der Waals surface area contributed by atoms with Crippen LogP contribution in [0.25, 0.3) is 10.7 Å². The van der Waals surface area contributed by atoms with E-state index in [9.17, 15) is 18.0 Å². The van der Waals surface area contributed by atoms with Gasteiger partial charge in [-0.1, -0.05) is 23.4 Å². The van der Waals surface area contributed by atoms with Crippen molar-refractivity contribution in [2.24, 2.45) is 0 Å². The van der Waals surface area contributed by atoms with E-state index in [2.05, 4.69) is 15.5 Å². The molecule has 2 heterocycles. The second-order valence-corrected chi connectivity index (χ2v) is 6.85. The van der Waals surface area contributed by atoms with Crippen LogP contribution in [-0.2, 0) is 17.4 Å². The zero-order valence-corrected chi connectivity index (χ0v) is 15.1. The monoisotopic (exact) mass is 395 g/mol. The van der Waals surface area contributed by atoms with Gasteiger partial charge in [0, 0.05) is 12.8 Å². The molecule has 0 bridgehead atoms. The van der Waals surface area contributed by atoms with Gasteiger partial charge in [0.2, 0.25) is 17.6 Å². The van der Waals surface area contributed by atoms with Crippen LogP contribution in [0, 0.1) is 0 Å². The quantitative estimate of drug-likeness (QED) is 0.661. The average molecular weight is 395 g/mol. The first-order valence-corrected chi connectivity index (χ1v) is 9.04. The van der Waals surface area contributed by atoms with Gasteiger partial charge in [0.25, 0.3) is 0 Å². The summed E-state index contributed by atoms with van der Waals surface area (Å²) in [6, 6.07) is 8.09. The van der Waals surface area contributed by atoms with Crippen molar-refractivity contribution in [3.63, 3.8) is 0 Å². The Kier molecular flexibility index (Phi) is 5.59. The van der Waals surface area contributed by atoms with Crippen LogP contribution < -0.4 is 5.32 Å². The van der Waals surface area contributed by atoms with Gasteiger partial charge in [-0.3, -0.25) is 4.79 Å². The number of alkyl halides is 3. The number of aromatic nitrogens is 2. The summed E-state index contributed by atoms with van der Waals surface area (Å²) in [6.07, 6.45) is -4.08. The minimum Gasteiger partial charge on any atom is -0.350 e. The summed E-state index contributed by atoms with van der Waals surface area (Å²) in [5.41, 5.74) is -0.357. The third-order valence-electron chi connectivity index (χ3n) is 3.87. The number of benzene rings is 1. The summed E-state index contributed by atoms with van der Waals surface area (Å²) in [6.45, 7) is 1.63. The summed E-state index contributed by atoms with van der Waals surface area (Å²) in [5, 5.41) is 8.45. The average Bonchev–Trinajstić information content (AvgIpc) is 3.30.